The number of rotatable bonds is 6. The molecule has 0 bridgehead atoms. The summed E-state index contributed by atoms with van der Waals surface area (Å²) in [6.07, 6.45) is 5.71. The smallest absolute Gasteiger partial charge is 0.252 e. The zero-order valence-electron chi connectivity index (χ0n) is 18.1. The first-order valence-corrected chi connectivity index (χ1v) is 12.5. The standard InChI is InChI=1S/C26H28N2O2S/c1-15(17-4-7-21-20(13-17)25(29)28-26(21)10-11-26)3-6-19(24-9-12-31-24)18-5-8-23-22(14-18)27-16(2)30-23/h4-5,7-8,13-15,19,24H,3,6,9-12H2,1-2H3,(H,28,29). The second-order valence-corrected chi connectivity index (χ2v) is 10.9. The number of carbonyl (C=O) groups is 1. The lowest BCUT2D eigenvalue weighted by Gasteiger charge is -2.34. The number of benzene rings is 2. The van der Waals surface area contributed by atoms with Gasteiger partial charge < -0.3 is 9.73 Å². The highest BCUT2D eigenvalue weighted by molar-refractivity contribution is 8.01. The number of fused-ring (bicyclic) bond motifs is 3. The van der Waals surface area contributed by atoms with E-state index in [1.807, 2.05) is 6.92 Å². The quantitative estimate of drug-likeness (QED) is 0.516. The molecule has 1 N–H and O–H groups in total. The van der Waals surface area contributed by atoms with Gasteiger partial charge in [-0.3, -0.25) is 4.79 Å². The van der Waals surface area contributed by atoms with Crippen molar-refractivity contribution < 1.29 is 9.21 Å². The van der Waals surface area contributed by atoms with Crippen LogP contribution >= 0.6 is 11.8 Å². The van der Waals surface area contributed by atoms with Crippen molar-refractivity contribution in [1.29, 1.82) is 0 Å². The highest BCUT2D eigenvalue weighted by Crippen LogP contribution is 2.51. The van der Waals surface area contributed by atoms with Gasteiger partial charge in [-0.15, -0.1) is 0 Å². The third kappa shape index (κ3) is 3.29. The number of amides is 1. The highest BCUT2D eigenvalue weighted by atomic mass is 32.2. The summed E-state index contributed by atoms with van der Waals surface area (Å²) in [5, 5.41) is 3.89. The van der Waals surface area contributed by atoms with Gasteiger partial charge in [-0.25, -0.2) is 4.98 Å². The highest BCUT2D eigenvalue weighted by Gasteiger charge is 2.52. The molecule has 3 atom stereocenters. The minimum absolute atomic E-state index is 0.0289. The summed E-state index contributed by atoms with van der Waals surface area (Å²) in [6.45, 7) is 4.21. The number of hydrogen-bond donors (Lipinski definition) is 1. The van der Waals surface area contributed by atoms with Gasteiger partial charge in [-0.1, -0.05) is 25.1 Å². The molecule has 0 radical (unpaired) electrons. The number of carbonyl (C=O) groups excluding carboxylic acids is 1. The molecule has 1 aromatic heterocycles. The molecule has 6 rings (SSSR count). The van der Waals surface area contributed by atoms with Gasteiger partial charge >= 0.3 is 0 Å². The first-order chi connectivity index (χ1) is 15.0. The maximum atomic E-state index is 12.5. The molecular weight excluding hydrogens is 404 g/mol. The van der Waals surface area contributed by atoms with Gasteiger partial charge in [-0.2, -0.15) is 11.8 Å². The molecule has 1 amide bonds. The van der Waals surface area contributed by atoms with E-state index in [-0.39, 0.29) is 11.4 Å². The van der Waals surface area contributed by atoms with Crippen LogP contribution in [0.15, 0.2) is 40.8 Å². The van der Waals surface area contributed by atoms with E-state index < -0.39 is 0 Å². The molecular formula is C26H28N2O2S. The van der Waals surface area contributed by atoms with Gasteiger partial charge in [0.05, 0.1) is 5.54 Å². The summed E-state index contributed by atoms with van der Waals surface area (Å²) in [4.78, 5) is 17.0. The topological polar surface area (TPSA) is 55.1 Å². The molecule has 3 aliphatic rings. The van der Waals surface area contributed by atoms with Crippen molar-refractivity contribution in [1.82, 2.24) is 10.3 Å². The van der Waals surface area contributed by atoms with E-state index >= 15 is 0 Å². The average Bonchev–Trinajstić information content (AvgIpc) is 3.31. The van der Waals surface area contributed by atoms with Crippen molar-refractivity contribution >= 4 is 28.8 Å². The normalized spacial score (nSPS) is 22.8. The number of hydrogen-bond acceptors (Lipinski definition) is 4. The van der Waals surface area contributed by atoms with Crippen molar-refractivity contribution in [3.8, 4) is 0 Å². The molecule has 2 aromatic carbocycles. The summed E-state index contributed by atoms with van der Waals surface area (Å²) in [6, 6.07) is 13.1. The van der Waals surface area contributed by atoms with Gasteiger partial charge in [0.15, 0.2) is 11.5 Å². The number of nitrogens with zero attached hydrogens (tertiary/aromatic N) is 1. The van der Waals surface area contributed by atoms with Gasteiger partial charge in [0.25, 0.3) is 5.91 Å². The maximum Gasteiger partial charge on any atom is 0.252 e. The van der Waals surface area contributed by atoms with E-state index in [4.69, 9.17) is 4.42 Å². The summed E-state index contributed by atoms with van der Waals surface area (Å²) in [5.74, 6) is 3.07. The lowest BCUT2D eigenvalue weighted by molar-refractivity contribution is 0.0952. The summed E-state index contributed by atoms with van der Waals surface area (Å²) >= 11 is 2.09. The SMILES string of the molecule is Cc1nc2cc(C(CCC(C)c3ccc4c(c3)C(=O)NC43CC3)C3CCS3)ccc2o1. The Morgan fingerprint density at radius 2 is 2.00 bits per heavy atom. The van der Waals surface area contributed by atoms with E-state index in [0.717, 1.165) is 48.2 Å². The minimum atomic E-state index is -0.0289. The Balaban J connectivity index is 1.21. The predicted molar refractivity (Wildman–Crippen MR) is 125 cm³/mol. The number of nitrogens with one attached hydrogen (secondary N) is 1. The van der Waals surface area contributed by atoms with E-state index in [1.54, 1.807) is 0 Å². The van der Waals surface area contributed by atoms with Crippen molar-refractivity contribution in [2.75, 3.05) is 5.75 Å². The molecule has 160 valence electrons. The van der Waals surface area contributed by atoms with Gasteiger partial charge in [0.2, 0.25) is 0 Å². The molecule has 31 heavy (non-hydrogen) atoms. The number of aromatic nitrogens is 1. The number of aryl methyl sites for hydroxylation is 1. The molecule has 3 aromatic rings. The van der Waals surface area contributed by atoms with Gasteiger partial charge in [0.1, 0.15) is 5.52 Å². The van der Waals surface area contributed by atoms with Crippen molar-refractivity contribution in [3.05, 3.63) is 64.5 Å². The molecule has 4 nitrogen and oxygen atoms in total. The fraction of sp³-hybridized carbons (Fsp3) is 0.462. The van der Waals surface area contributed by atoms with E-state index in [2.05, 4.69) is 65.4 Å². The van der Waals surface area contributed by atoms with Crippen LogP contribution in [0.25, 0.3) is 11.1 Å². The molecule has 1 saturated carbocycles. The molecule has 3 heterocycles. The summed E-state index contributed by atoms with van der Waals surface area (Å²) in [7, 11) is 0. The number of oxazole rings is 1. The molecule has 3 unspecified atom stereocenters. The zero-order chi connectivity index (χ0) is 21.2. The Hall–Kier alpha value is -2.27. The van der Waals surface area contributed by atoms with E-state index in [1.165, 1.54) is 28.9 Å². The Morgan fingerprint density at radius 3 is 2.74 bits per heavy atom. The molecule has 1 aliphatic carbocycles. The Morgan fingerprint density at radius 1 is 1.19 bits per heavy atom. The Bertz CT molecular complexity index is 1180. The molecule has 1 spiro atoms. The Kier molecular flexibility index (Phi) is 4.46. The van der Waals surface area contributed by atoms with Crippen LogP contribution in [0, 0.1) is 6.92 Å². The molecule has 2 aliphatic heterocycles. The second-order valence-electron chi connectivity index (χ2n) is 9.58. The molecule has 5 heteroatoms. The first-order valence-electron chi connectivity index (χ1n) is 11.5. The van der Waals surface area contributed by atoms with Gasteiger partial charge in [0, 0.05) is 17.7 Å². The third-order valence-electron chi connectivity index (χ3n) is 7.52. The van der Waals surface area contributed by atoms with Crippen molar-refractivity contribution in [2.45, 2.75) is 68.6 Å². The fourth-order valence-electron chi connectivity index (χ4n) is 5.37. The largest absolute Gasteiger partial charge is 0.441 e. The van der Waals surface area contributed by atoms with Crippen molar-refractivity contribution in [3.63, 3.8) is 0 Å². The monoisotopic (exact) mass is 432 g/mol. The minimum Gasteiger partial charge on any atom is -0.441 e. The van der Waals surface area contributed by atoms with Crippen LogP contribution in [0.5, 0.6) is 0 Å². The maximum absolute atomic E-state index is 12.5. The summed E-state index contributed by atoms with van der Waals surface area (Å²) in [5.41, 5.74) is 6.60. The van der Waals surface area contributed by atoms with Crippen LogP contribution in [0.2, 0.25) is 0 Å². The second kappa shape index (κ2) is 7.13. The van der Waals surface area contributed by atoms with Crippen LogP contribution in [-0.4, -0.2) is 21.9 Å². The molecule has 1 saturated heterocycles. The average molecular weight is 433 g/mol. The predicted octanol–water partition coefficient (Wildman–Crippen LogP) is 6.04. The van der Waals surface area contributed by atoms with Crippen LogP contribution in [0.4, 0.5) is 0 Å². The Labute approximate surface area is 187 Å². The third-order valence-corrected chi connectivity index (χ3v) is 8.98. The van der Waals surface area contributed by atoms with Crippen LogP contribution in [0.3, 0.4) is 0 Å². The van der Waals surface area contributed by atoms with Crippen LogP contribution < -0.4 is 5.32 Å². The van der Waals surface area contributed by atoms with Crippen LogP contribution in [-0.2, 0) is 5.54 Å². The van der Waals surface area contributed by atoms with E-state index in [0.29, 0.717) is 17.1 Å². The van der Waals surface area contributed by atoms with Gasteiger partial charge in [-0.05, 0) is 84.6 Å². The number of thioether (sulfide) groups is 1. The van der Waals surface area contributed by atoms with E-state index in [9.17, 15) is 4.79 Å². The summed E-state index contributed by atoms with van der Waals surface area (Å²) < 4.78 is 5.67. The zero-order valence-corrected chi connectivity index (χ0v) is 18.9. The van der Waals surface area contributed by atoms with Crippen molar-refractivity contribution in [2.24, 2.45) is 0 Å². The molecule has 2 fully saturated rings. The lowest BCUT2D eigenvalue weighted by Crippen LogP contribution is -2.25. The first kappa shape index (κ1) is 19.4. The lowest BCUT2D eigenvalue weighted by atomic mass is 9.84. The van der Waals surface area contributed by atoms with Crippen LogP contribution in [0.1, 0.15) is 83.8 Å². The fourth-order valence-corrected chi connectivity index (χ4v) is 6.40.